The Labute approximate surface area is 144 Å². The Bertz CT molecular complexity index is 755. The van der Waals surface area contributed by atoms with Crippen molar-refractivity contribution in [3.05, 3.63) is 55.5 Å². The molecule has 24 heavy (non-hydrogen) atoms. The number of halogens is 10. The van der Waals surface area contributed by atoms with E-state index in [1.165, 1.54) is 0 Å². The second-order valence-electron chi connectivity index (χ2n) is 4.04. The number of azo groups is 1. The molecule has 12 heteroatoms. The minimum absolute atomic E-state index is 1.19. The van der Waals surface area contributed by atoms with E-state index in [-0.39, 0.29) is 0 Å². The van der Waals surface area contributed by atoms with Gasteiger partial charge in [0.2, 0.25) is 0 Å². The van der Waals surface area contributed by atoms with E-state index in [0.717, 1.165) is 0 Å². The highest BCUT2D eigenvalue weighted by Crippen LogP contribution is 2.37. The zero-order valence-electron chi connectivity index (χ0n) is 10.7. The van der Waals surface area contributed by atoms with E-state index in [2.05, 4.69) is 42.1 Å². The van der Waals surface area contributed by atoms with Crippen molar-refractivity contribution in [3.8, 4) is 0 Å². The van der Waals surface area contributed by atoms with Crippen molar-refractivity contribution < 1.29 is 35.1 Å². The Kier molecular flexibility index (Phi) is 5.28. The zero-order chi connectivity index (χ0) is 18.3. The molecule has 0 radical (unpaired) electrons. The first-order chi connectivity index (χ1) is 11.1. The van der Waals surface area contributed by atoms with Gasteiger partial charge in [-0.05, 0) is 31.9 Å². The van der Waals surface area contributed by atoms with Crippen LogP contribution in [0, 0.1) is 46.5 Å². The van der Waals surface area contributed by atoms with Crippen molar-refractivity contribution in [2.24, 2.45) is 10.2 Å². The normalized spacial score (nSPS) is 11.6. The highest BCUT2D eigenvalue weighted by Gasteiger charge is 2.26. The molecular formula is C12Br2F8N2. The van der Waals surface area contributed by atoms with Crippen LogP contribution in [-0.2, 0) is 0 Å². The Hall–Kier alpha value is -1.56. The molecule has 2 nitrogen and oxygen atoms in total. The molecule has 0 aliphatic carbocycles. The van der Waals surface area contributed by atoms with Gasteiger partial charge in [-0.25, -0.2) is 35.1 Å². The molecule has 0 amide bonds. The third-order valence-corrected chi connectivity index (χ3v) is 4.02. The van der Waals surface area contributed by atoms with Gasteiger partial charge in [0.25, 0.3) is 0 Å². The van der Waals surface area contributed by atoms with Crippen LogP contribution in [0.4, 0.5) is 46.5 Å². The van der Waals surface area contributed by atoms with E-state index >= 15 is 0 Å². The van der Waals surface area contributed by atoms with Gasteiger partial charge in [-0.2, -0.15) is 0 Å². The molecular weight excluding hydrogens is 484 g/mol. The number of nitrogens with zero attached hydrogens (tertiary/aromatic N) is 2. The molecule has 0 heterocycles. The fourth-order valence-electron chi connectivity index (χ4n) is 1.46. The summed E-state index contributed by atoms with van der Waals surface area (Å²) in [6.07, 6.45) is 0. The Morgan fingerprint density at radius 3 is 0.833 bits per heavy atom. The van der Waals surface area contributed by atoms with Crippen molar-refractivity contribution in [1.29, 1.82) is 0 Å². The van der Waals surface area contributed by atoms with Gasteiger partial charge >= 0.3 is 0 Å². The molecule has 0 aliphatic heterocycles. The van der Waals surface area contributed by atoms with Gasteiger partial charge in [-0.15, -0.1) is 10.2 Å². The number of hydrogen-bond acceptors (Lipinski definition) is 2. The predicted octanol–water partition coefficient (Wildman–Crippen LogP) is 6.74. The van der Waals surface area contributed by atoms with Crippen LogP contribution >= 0.6 is 31.9 Å². The fourth-order valence-corrected chi connectivity index (χ4v) is 2.16. The lowest BCUT2D eigenvalue weighted by molar-refractivity contribution is 0.445. The topological polar surface area (TPSA) is 24.7 Å². The maximum atomic E-state index is 13.5. The molecule has 0 saturated heterocycles. The predicted molar refractivity (Wildman–Crippen MR) is 72.1 cm³/mol. The Balaban J connectivity index is 2.67. The summed E-state index contributed by atoms with van der Waals surface area (Å²) in [5.41, 5.74) is -3.37. The highest BCUT2D eigenvalue weighted by molar-refractivity contribution is 9.10. The van der Waals surface area contributed by atoms with Crippen molar-refractivity contribution in [3.63, 3.8) is 0 Å². The van der Waals surface area contributed by atoms with E-state index in [1.54, 1.807) is 0 Å². The molecule has 2 aromatic rings. The van der Waals surface area contributed by atoms with Crippen LogP contribution in [0.25, 0.3) is 0 Å². The average Bonchev–Trinajstić information content (AvgIpc) is 2.57. The van der Waals surface area contributed by atoms with E-state index in [1.807, 2.05) is 0 Å². The van der Waals surface area contributed by atoms with Gasteiger partial charge < -0.3 is 0 Å². The standard InChI is InChI=1S/C12Br2F8N2/c13-1-3(15)7(19)11(8(20)4(1)16)23-24-12-9(21)5(17)2(14)6(18)10(12)22. The summed E-state index contributed by atoms with van der Waals surface area (Å²) in [5, 5.41) is 5.23. The van der Waals surface area contributed by atoms with Crippen LogP contribution < -0.4 is 0 Å². The summed E-state index contributed by atoms with van der Waals surface area (Å²) in [5.74, 6) is -15.7. The quantitative estimate of drug-likeness (QED) is 0.195. The third kappa shape index (κ3) is 2.92. The van der Waals surface area contributed by atoms with Crippen molar-refractivity contribution >= 4 is 43.2 Å². The minimum Gasteiger partial charge on any atom is -0.202 e. The summed E-state index contributed by atoms with van der Waals surface area (Å²) in [4.78, 5) is 0. The Morgan fingerprint density at radius 2 is 0.625 bits per heavy atom. The van der Waals surface area contributed by atoms with Crippen LogP contribution in [0.1, 0.15) is 0 Å². The first-order valence-corrected chi connectivity index (χ1v) is 7.12. The molecule has 0 spiro atoms. The summed E-state index contributed by atoms with van der Waals surface area (Å²) >= 11 is 4.47. The molecule has 0 saturated carbocycles. The minimum atomic E-state index is -2.04. The second-order valence-corrected chi connectivity index (χ2v) is 5.62. The first kappa shape index (κ1) is 18.8. The SMILES string of the molecule is Fc1c(F)c(N=Nc2c(F)c(F)c(Br)c(F)c2F)c(F)c(F)c1Br. The van der Waals surface area contributed by atoms with E-state index in [4.69, 9.17) is 0 Å². The molecule has 0 aromatic heterocycles. The van der Waals surface area contributed by atoms with E-state index in [9.17, 15) is 35.1 Å². The van der Waals surface area contributed by atoms with Gasteiger partial charge in [-0.3, -0.25) is 0 Å². The molecule has 0 atom stereocenters. The summed E-state index contributed by atoms with van der Waals surface area (Å²) in [6, 6.07) is 0. The number of benzene rings is 2. The van der Waals surface area contributed by atoms with E-state index in [0.29, 0.717) is 0 Å². The largest absolute Gasteiger partial charge is 0.202 e. The maximum absolute atomic E-state index is 13.5. The lowest BCUT2D eigenvalue weighted by Crippen LogP contribution is -1.98. The van der Waals surface area contributed by atoms with Crippen LogP contribution in [0.2, 0.25) is 0 Å². The smallest absolute Gasteiger partial charge is 0.190 e. The lowest BCUT2D eigenvalue weighted by atomic mass is 10.2. The monoisotopic (exact) mass is 482 g/mol. The van der Waals surface area contributed by atoms with Gasteiger partial charge in [0.05, 0.1) is 8.95 Å². The maximum Gasteiger partial charge on any atom is 0.190 e. The molecule has 128 valence electrons. The number of hydrogen-bond donors (Lipinski definition) is 0. The highest BCUT2D eigenvalue weighted by atomic mass is 79.9. The second kappa shape index (κ2) is 6.75. The van der Waals surface area contributed by atoms with Gasteiger partial charge in [0.1, 0.15) is 0 Å². The summed E-state index contributed by atoms with van der Waals surface area (Å²) < 4.78 is 105. The summed E-state index contributed by atoms with van der Waals surface area (Å²) in [7, 11) is 0. The van der Waals surface area contributed by atoms with Crippen LogP contribution in [-0.4, -0.2) is 0 Å². The zero-order valence-corrected chi connectivity index (χ0v) is 13.8. The van der Waals surface area contributed by atoms with Crippen molar-refractivity contribution in [2.45, 2.75) is 0 Å². The molecule has 0 unspecified atom stereocenters. The van der Waals surface area contributed by atoms with Crippen molar-refractivity contribution in [2.75, 3.05) is 0 Å². The molecule has 2 rings (SSSR count). The van der Waals surface area contributed by atoms with Crippen molar-refractivity contribution in [1.82, 2.24) is 0 Å². The Morgan fingerprint density at radius 1 is 0.417 bits per heavy atom. The summed E-state index contributed by atoms with van der Waals surface area (Å²) in [6.45, 7) is 0. The average molecular weight is 484 g/mol. The fraction of sp³-hybridized carbons (Fsp3) is 0. The first-order valence-electron chi connectivity index (χ1n) is 5.54. The lowest BCUT2D eigenvalue weighted by Gasteiger charge is -2.06. The van der Waals surface area contributed by atoms with Crippen LogP contribution in [0.3, 0.4) is 0 Å². The molecule has 0 bridgehead atoms. The van der Waals surface area contributed by atoms with Crippen LogP contribution in [0.15, 0.2) is 19.2 Å². The molecule has 0 aliphatic rings. The van der Waals surface area contributed by atoms with Gasteiger partial charge in [0, 0.05) is 0 Å². The molecule has 2 aromatic carbocycles. The molecule has 0 N–H and O–H groups in total. The van der Waals surface area contributed by atoms with Crippen LogP contribution in [0.5, 0.6) is 0 Å². The van der Waals surface area contributed by atoms with Gasteiger partial charge in [-0.1, -0.05) is 0 Å². The molecule has 0 fully saturated rings. The third-order valence-electron chi connectivity index (χ3n) is 2.62. The number of rotatable bonds is 2. The van der Waals surface area contributed by atoms with Gasteiger partial charge in [0.15, 0.2) is 57.9 Å². The van der Waals surface area contributed by atoms with E-state index < -0.39 is 66.9 Å².